The van der Waals surface area contributed by atoms with E-state index >= 15 is 0 Å². The van der Waals surface area contributed by atoms with Gasteiger partial charge >= 0.3 is 0 Å². The van der Waals surface area contributed by atoms with Crippen LogP contribution >= 0.6 is 11.3 Å². The van der Waals surface area contributed by atoms with Crippen LogP contribution in [0.1, 0.15) is 54.3 Å². The van der Waals surface area contributed by atoms with Crippen molar-refractivity contribution in [1.82, 2.24) is 20.3 Å². The second-order valence-electron chi connectivity index (χ2n) is 7.05. The van der Waals surface area contributed by atoms with E-state index in [0.717, 1.165) is 32.5 Å². The van der Waals surface area contributed by atoms with Gasteiger partial charge < -0.3 is 15.2 Å². The van der Waals surface area contributed by atoms with E-state index in [1.807, 2.05) is 17.5 Å². The smallest absolute Gasteiger partial charge is 0.290 e. The zero-order valence-electron chi connectivity index (χ0n) is 14.4. The van der Waals surface area contributed by atoms with Crippen LogP contribution in [0, 0.1) is 0 Å². The number of nitrogens with zero attached hydrogens (tertiary/aromatic N) is 3. The molecule has 1 aliphatic heterocycles. The van der Waals surface area contributed by atoms with Crippen molar-refractivity contribution >= 4 is 17.2 Å². The fraction of sp³-hybridized carbons (Fsp3) is 0.611. The van der Waals surface area contributed by atoms with Gasteiger partial charge in [-0.25, -0.2) is 9.97 Å². The van der Waals surface area contributed by atoms with Crippen LogP contribution in [0.3, 0.4) is 0 Å². The van der Waals surface area contributed by atoms with Crippen molar-refractivity contribution in [1.29, 1.82) is 0 Å². The predicted octanol–water partition coefficient (Wildman–Crippen LogP) is 2.64. The van der Waals surface area contributed by atoms with Crippen molar-refractivity contribution in [3.63, 3.8) is 0 Å². The first-order valence-electron chi connectivity index (χ1n) is 9.26. The molecular formula is C18H25N5OS. The van der Waals surface area contributed by atoms with Crippen molar-refractivity contribution in [2.45, 2.75) is 57.0 Å². The molecule has 0 radical (unpaired) electrons. The number of thiazole rings is 1. The number of rotatable bonds is 5. The Morgan fingerprint density at radius 1 is 1.24 bits per heavy atom. The Labute approximate surface area is 151 Å². The molecule has 4 rings (SSSR count). The summed E-state index contributed by atoms with van der Waals surface area (Å²) in [4.78, 5) is 27.0. The van der Waals surface area contributed by atoms with E-state index in [1.165, 1.54) is 35.6 Å². The molecular weight excluding hydrogens is 334 g/mol. The van der Waals surface area contributed by atoms with Crippen LogP contribution in [0.15, 0.2) is 23.4 Å². The molecule has 0 spiro atoms. The average Bonchev–Trinajstić information content (AvgIpc) is 3.32. The summed E-state index contributed by atoms with van der Waals surface area (Å²) in [5.41, 5.74) is -0.105. The number of nitrogens with one attached hydrogen (secondary N) is 2. The van der Waals surface area contributed by atoms with Crippen LogP contribution < -0.4 is 15.8 Å². The number of hydrogen-bond acceptors (Lipinski definition) is 6. The van der Waals surface area contributed by atoms with Gasteiger partial charge in [-0.1, -0.05) is 12.8 Å². The topological polar surface area (TPSA) is 73.9 Å². The van der Waals surface area contributed by atoms with Gasteiger partial charge in [0.05, 0.1) is 5.01 Å². The minimum atomic E-state index is -0.105. The Bertz CT molecular complexity index is 752. The van der Waals surface area contributed by atoms with Gasteiger partial charge in [-0.05, 0) is 25.7 Å². The maximum atomic E-state index is 11.9. The van der Waals surface area contributed by atoms with Gasteiger partial charge in [-0.15, -0.1) is 11.3 Å². The Balaban J connectivity index is 1.33. The lowest BCUT2D eigenvalue weighted by molar-refractivity contribution is 0.420. The van der Waals surface area contributed by atoms with Crippen LogP contribution in [0.25, 0.3) is 0 Å². The molecule has 0 bridgehead atoms. The van der Waals surface area contributed by atoms with Gasteiger partial charge in [-0.2, -0.15) is 0 Å². The van der Waals surface area contributed by atoms with Crippen LogP contribution in [0.2, 0.25) is 0 Å². The molecule has 2 aliphatic rings. The molecule has 2 fully saturated rings. The summed E-state index contributed by atoms with van der Waals surface area (Å²) in [7, 11) is 0. The van der Waals surface area contributed by atoms with Crippen molar-refractivity contribution in [3.8, 4) is 0 Å². The van der Waals surface area contributed by atoms with E-state index in [-0.39, 0.29) is 5.56 Å². The minimum absolute atomic E-state index is 0.105. The van der Waals surface area contributed by atoms with E-state index < -0.39 is 0 Å². The van der Waals surface area contributed by atoms with Gasteiger partial charge in [0.1, 0.15) is 0 Å². The van der Waals surface area contributed by atoms with E-state index in [2.05, 4.69) is 25.2 Å². The molecule has 1 aliphatic carbocycles. The third-order valence-electron chi connectivity index (χ3n) is 5.25. The zero-order valence-corrected chi connectivity index (χ0v) is 15.2. The van der Waals surface area contributed by atoms with E-state index in [1.54, 1.807) is 12.4 Å². The summed E-state index contributed by atoms with van der Waals surface area (Å²) >= 11 is 1.86. The first-order chi connectivity index (χ1) is 12.3. The lowest BCUT2D eigenvalue weighted by atomic mass is 10.1. The quantitative estimate of drug-likeness (QED) is 0.858. The molecule has 134 valence electrons. The maximum Gasteiger partial charge on any atom is 0.290 e. The summed E-state index contributed by atoms with van der Waals surface area (Å²) in [6, 6.07) is 0.382. The maximum absolute atomic E-state index is 11.9. The Morgan fingerprint density at radius 2 is 2.12 bits per heavy atom. The highest BCUT2D eigenvalue weighted by atomic mass is 32.1. The van der Waals surface area contributed by atoms with Crippen LogP contribution in [0.5, 0.6) is 0 Å². The van der Waals surface area contributed by atoms with E-state index in [0.29, 0.717) is 17.8 Å². The molecule has 1 saturated heterocycles. The molecule has 2 aromatic rings. The van der Waals surface area contributed by atoms with Gasteiger partial charge in [0.2, 0.25) is 0 Å². The molecule has 3 heterocycles. The normalized spacial score (nSPS) is 21.8. The Kier molecular flexibility index (Phi) is 5.12. The third-order valence-corrected chi connectivity index (χ3v) is 6.41. The van der Waals surface area contributed by atoms with Crippen molar-refractivity contribution in [3.05, 3.63) is 38.8 Å². The SMILES string of the molecule is O=c1[nH]ccnc1N1CCCC(NCc2cnc(C3CCCC3)s2)C1. The molecule has 7 heteroatoms. The second kappa shape index (κ2) is 7.66. The molecule has 1 saturated carbocycles. The summed E-state index contributed by atoms with van der Waals surface area (Å²) in [5.74, 6) is 1.23. The standard InChI is InChI=1S/C18H25N5OS/c24-17-16(19-7-8-20-17)23-9-3-6-14(12-23)21-10-15-11-22-18(25-15)13-4-1-2-5-13/h7-8,11,13-14,21H,1-6,9-10,12H2,(H,20,24). The zero-order chi connectivity index (χ0) is 17.1. The molecule has 2 aromatic heterocycles. The highest BCUT2D eigenvalue weighted by Crippen LogP contribution is 2.36. The van der Waals surface area contributed by atoms with E-state index in [9.17, 15) is 4.79 Å². The molecule has 25 heavy (non-hydrogen) atoms. The average molecular weight is 359 g/mol. The predicted molar refractivity (Wildman–Crippen MR) is 100 cm³/mol. The number of piperidine rings is 1. The Morgan fingerprint density at radius 3 is 2.96 bits per heavy atom. The fourth-order valence-electron chi connectivity index (χ4n) is 3.92. The molecule has 0 aromatic carbocycles. The number of H-pyrrole nitrogens is 1. The van der Waals surface area contributed by atoms with Crippen LogP contribution in [-0.4, -0.2) is 34.1 Å². The Hall–Kier alpha value is -1.73. The number of aromatic amines is 1. The molecule has 1 unspecified atom stereocenters. The fourth-order valence-corrected chi connectivity index (χ4v) is 4.95. The highest BCUT2D eigenvalue weighted by Gasteiger charge is 2.23. The minimum Gasteiger partial charge on any atom is -0.350 e. The highest BCUT2D eigenvalue weighted by molar-refractivity contribution is 7.11. The van der Waals surface area contributed by atoms with Gasteiger partial charge in [-0.3, -0.25) is 4.79 Å². The molecule has 2 N–H and O–H groups in total. The van der Waals surface area contributed by atoms with Crippen LogP contribution in [0.4, 0.5) is 5.82 Å². The molecule has 6 nitrogen and oxygen atoms in total. The number of hydrogen-bond donors (Lipinski definition) is 2. The number of anilines is 1. The first kappa shape index (κ1) is 16.7. The largest absolute Gasteiger partial charge is 0.350 e. The second-order valence-corrected chi connectivity index (χ2v) is 8.20. The summed E-state index contributed by atoms with van der Waals surface area (Å²) in [6.07, 6.45) is 12.8. The van der Waals surface area contributed by atoms with Gasteiger partial charge in [0, 0.05) is 55.1 Å². The van der Waals surface area contributed by atoms with Gasteiger partial charge in [0.25, 0.3) is 5.56 Å². The first-order valence-corrected chi connectivity index (χ1v) is 10.1. The number of aromatic nitrogens is 3. The monoisotopic (exact) mass is 359 g/mol. The van der Waals surface area contributed by atoms with Crippen molar-refractivity contribution in [2.75, 3.05) is 18.0 Å². The van der Waals surface area contributed by atoms with Gasteiger partial charge in [0.15, 0.2) is 5.82 Å². The lowest BCUT2D eigenvalue weighted by Gasteiger charge is -2.33. The summed E-state index contributed by atoms with van der Waals surface area (Å²) in [6.45, 7) is 2.58. The molecule has 0 amide bonds. The summed E-state index contributed by atoms with van der Waals surface area (Å²) < 4.78 is 0. The van der Waals surface area contributed by atoms with Crippen molar-refractivity contribution < 1.29 is 0 Å². The summed E-state index contributed by atoms with van der Waals surface area (Å²) in [5, 5.41) is 4.97. The lowest BCUT2D eigenvalue weighted by Crippen LogP contribution is -2.47. The van der Waals surface area contributed by atoms with Crippen molar-refractivity contribution in [2.24, 2.45) is 0 Å². The molecule has 1 atom stereocenters. The van der Waals surface area contributed by atoms with Crippen LogP contribution in [-0.2, 0) is 6.54 Å². The third kappa shape index (κ3) is 3.93. The van der Waals surface area contributed by atoms with E-state index in [4.69, 9.17) is 0 Å².